The Balaban J connectivity index is 1.94. The first kappa shape index (κ1) is 17.1. The minimum atomic E-state index is -0.448. The molecular formula is C18H23FN6. The van der Waals surface area contributed by atoms with E-state index in [9.17, 15) is 4.39 Å². The van der Waals surface area contributed by atoms with E-state index in [2.05, 4.69) is 45.2 Å². The molecule has 2 aromatic heterocycles. The monoisotopic (exact) mass is 342 g/mol. The number of nitrogens with zero attached hydrogens (tertiary/aromatic N) is 4. The van der Waals surface area contributed by atoms with Gasteiger partial charge in [-0.25, -0.2) is 14.4 Å². The fraction of sp³-hybridized carbons (Fsp3) is 0.389. The van der Waals surface area contributed by atoms with Crippen molar-refractivity contribution in [3.63, 3.8) is 0 Å². The largest absolute Gasteiger partial charge is 0.360 e. The second-order valence-corrected chi connectivity index (χ2v) is 6.77. The van der Waals surface area contributed by atoms with Crippen LogP contribution in [-0.4, -0.2) is 34.0 Å². The zero-order chi connectivity index (χ0) is 18.1. The van der Waals surface area contributed by atoms with Crippen LogP contribution in [0.2, 0.25) is 0 Å². The van der Waals surface area contributed by atoms with Gasteiger partial charge in [0.2, 0.25) is 5.95 Å². The van der Waals surface area contributed by atoms with Crippen LogP contribution in [-0.2, 0) is 0 Å². The van der Waals surface area contributed by atoms with Gasteiger partial charge >= 0.3 is 0 Å². The summed E-state index contributed by atoms with van der Waals surface area (Å²) in [6, 6.07) is 5.99. The minimum absolute atomic E-state index is 0.117. The summed E-state index contributed by atoms with van der Waals surface area (Å²) in [6.07, 6.45) is 1.18. The van der Waals surface area contributed by atoms with Crippen LogP contribution in [0, 0.1) is 18.7 Å². The van der Waals surface area contributed by atoms with Gasteiger partial charge in [-0.05, 0) is 30.5 Å². The molecular weight excluding hydrogens is 319 g/mol. The van der Waals surface area contributed by atoms with Gasteiger partial charge < -0.3 is 15.2 Å². The number of nitrogens with one attached hydrogen (secondary N) is 2. The van der Waals surface area contributed by atoms with E-state index < -0.39 is 5.82 Å². The standard InChI is InChI=1S/C18H23FN6/c1-10(2)15(16-21-13-7-6-11(3)8-14(13)22-16)23-18-20-9-12(19)17(24-18)25(4)5/h6-10,15H,1-5H3,(H,21,22)(H,20,23,24)/t15-/m0/s1. The molecule has 0 aliphatic rings. The summed E-state index contributed by atoms with van der Waals surface area (Å²) in [5.41, 5.74) is 3.09. The number of hydrogen-bond acceptors (Lipinski definition) is 5. The van der Waals surface area contributed by atoms with Crippen molar-refractivity contribution in [2.75, 3.05) is 24.3 Å². The van der Waals surface area contributed by atoms with E-state index in [1.807, 2.05) is 19.1 Å². The maximum atomic E-state index is 13.8. The molecule has 0 saturated heterocycles. The van der Waals surface area contributed by atoms with Crippen LogP contribution < -0.4 is 10.2 Å². The molecule has 3 rings (SSSR count). The molecule has 0 bridgehead atoms. The highest BCUT2D eigenvalue weighted by Gasteiger charge is 2.21. The Morgan fingerprint density at radius 2 is 1.96 bits per heavy atom. The average Bonchev–Trinajstić information content (AvgIpc) is 2.95. The van der Waals surface area contributed by atoms with Crippen molar-refractivity contribution in [3.8, 4) is 0 Å². The second kappa shape index (κ2) is 6.66. The van der Waals surface area contributed by atoms with Crippen LogP contribution in [0.1, 0.15) is 31.3 Å². The molecule has 1 aromatic carbocycles. The molecule has 3 aromatic rings. The summed E-state index contributed by atoms with van der Waals surface area (Å²) in [5, 5.41) is 3.28. The summed E-state index contributed by atoms with van der Waals surface area (Å²) in [6.45, 7) is 6.23. The number of rotatable bonds is 5. The predicted octanol–water partition coefficient (Wildman–Crippen LogP) is 3.68. The zero-order valence-corrected chi connectivity index (χ0v) is 15.1. The van der Waals surface area contributed by atoms with Crippen LogP contribution in [0.25, 0.3) is 11.0 Å². The predicted molar refractivity (Wildman–Crippen MR) is 98.3 cm³/mol. The summed E-state index contributed by atoms with van der Waals surface area (Å²) in [7, 11) is 3.49. The first-order valence-corrected chi connectivity index (χ1v) is 8.28. The third-order valence-corrected chi connectivity index (χ3v) is 4.05. The van der Waals surface area contributed by atoms with E-state index in [1.165, 1.54) is 11.8 Å². The van der Waals surface area contributed by atoms with Gasteiger partial charge in [0, 0.05) is 14.1 Å². The molecule has 0 spiro atoms. The first-order valence-electron chi connectivity index (χ1n) is 8.28. The molecule has 0 aliphatic heterocycles. The molecule has 1 atom stereocenters. The topological polar surface area (TPSA) is 69.7 Å². The molecule has 2 heterocycles. The molecule has 132 valence electrons. The molecule has 0 radical (unpaired) electrons. The highest BCUT2D eigenvalue weighted by Crippen LogP contribution is 2.26. The van der Waals surface area contributed by atoms with Gasteiger partial charge in [-0.1, -0.05) is 19.9 Å². The van der Waals surface area contributed by atoms with E-state index in [1.54, 1.807) is 19.0 Å². The van der Waals surface area contributed by atoms with Crippen LogP contribution in [0.4, 0.5) is 16.2 Å². The maximum Gasteiger partial charge on any atom is 0.225 e. The summed E-state index contributed by atoms with van der Waals surface area (Å²) in [5.74, 6) is 1.23. The molecule has 7 heteroatoms. The van der Waals surface area contributed by atoms with Gasteiger partial charge in [0.1, 0.15) is 5.82 Å². The highest BCUT2D eigenvalue weighted by atomic mass is 19.1. The number of hydrogen-bond donors (Lipinski definition) is 2. The van der Waals surface area contributed by atoms with Crippen molar-refractivity contribution in [2.45, 2.75) is 26.8 Å². The first-order chi connectivity index (χ1) is 11.8. The fourth-order valence-electron chi connectivity index (χ4n) is 2.72. The van der Waals surface area contributed by atoms with Gasteiger partial charge in [-0.3, -0.25) is 0 Å². The number of halogens is 1. The number of anilines is 2. The second-order valence-electron chi connectivity index (χ2n) is 6.77. The average molecular weight is 342 g/mol. The number of aryl methyl sites for hydroxylation is 1. The molecule has 25 heavy (non-hydrogen) atoms. The summed E-state index contributed by atoms with van der Waals surface area (Å²) in [4.78, 5) is 18.0. The summed E-state index contributed by atoms with van der Waals surface area (Å²) >= 11 is 0. The number of fused-ring (bicyclic) bond motifs is 1. The normalized spacial score (nSPS) is 12.6. The van der Waals surface area contributed by atoms with Crippen LogP contribution >= 0.6 is 0 Å². The lowest BCUT2D eigenvalue weighted by Gasteiger charge is -2.21. The number of aromatic nitrogens is 4. The zero-order valence-electron chi connectivity index (χ0n) is 15.1. The van der Waals surface area contributed by atoms with Crippen molar-refractivity contribution in [3.05, 3.63) is 41.6 Å². The molecule has 0 saturated carbocycles. The van der Waals surface area contributed by atoms with Crippen molar-refractivity contribution < 1.29 is 4.39 Å². The molecule has 6 nitrogen and oxygen atoms in total. The maximum absolute atomic E-state index is 13.8. The van der Waals surface area contributed by atoms with Gasteiger partial charge in [-0.15, -0.1) is 0 Å². The Kier molecular flexibility index (Phi) is 4.57. The minimum Gasteiger partial charge on any atom is -0.360 e. The highest BCUT2D eigenvalue weighted by molar-refractivity contribution is 5.76. The van der Waals surface area contributed by atoms with Crippen LogP contribution in [0.15, 0.2) is 24.4 Å². The SMILES string of the molecule is Cc1ccc2nc([C@@H](Nc3ncc(F)c(N(C)C)n3)C(C)C)[nH]c2c1. The van der Waals surface area contributed by atoms with E-state index in [0.717, 1.165) is 16.9 Å². The van der Waals surface area contributed by atoms with Crippen molar-refractivity contribution in [1.82, 2.24) is 19.9 Å². The van der Waals surface area contributed by atoms with E-state index in [-0.39, 0.29) is 17.8 Å². The quantitative estimate of drug-likeness (QED) is 0.740. The van der Waals surface area contributed by atoms with Gasteiger partial charge in [0.05, 0.1) is 23.3 Å². The Hall–Kier alpha value is -2.70. The van der Waals surface area contributed by atoms with E-state index in [0.29, 0.717) is 5.95 Å². The Labute approximate surface area is 146 Å². The lowest BCUT2D eigenvalue weighted by molar-refractivity contribution is 0.522. The molecule has 0 unspecified atom stereocenters. The molecule has 0 fully saturated rings. The van der Waals surface area contributed by atoms with Crippen LogP contribution in [0.5, 0.6) is 0 Å². The third kappa shape index (κ3) is 3.55. The third-order valence-electron chi connectivity index (χ3n) is 4.05. The molecule has 0 amide bonds. The van der Waals surface area contributed by atoms with Crippen molar-refractivity contribution >= 4 is 22.8 Å². The number of H-pyrrole nitrogens is 1. The van der Waals surface area contributed by atoms with Crippen LogP contribution in [0.3, 0.4) is 0 Å². The fourth-order valence-corrected chi connectivity index (χ4v) is 2.72. The summed E-state index contributed by atoms with van der Waals surface area (Å²) < 4.78 is 13.8. The van der Waals surface area contributed by atoms with E-state index >= 15 is 0 Å². The molecule has 2 N–H and O–H groups in total. The number of benzene rings is 1. The lowest BCUT2D eigenvalue weighted by atomic mass is 10.0. The number of imidazole rings is 1. The van der Waals surface area contributed by atoms with Crippen molar-refractivity contribution in [1.29, 1.82) is 0 Å². The van der Waals surface area contributed by atoms with Gasteiger partial charge in [-0.2, -0.15) is 4.98 Å². The lowest BCUT2D eigenvalue weighted by Crippen LogP contribution is -2.21. The van der Waals surface area contributed by atoms with Gasteiger partial charge in [0.25, 0.3) is 0 Å². The van der Waals surface area contributed by atoms with Crippen molar-refractivity contribution in [2.24, 2.45) is 5.92 Å². The van der Waals surface area contributed by atoms with Gasteiger partial charge in [0.15, 0.2) is 11.6 Å². The van der Waals surface area contributed by atoms with E-state index in [4.69, 9.17) is 0 Å². The Morgan fingerprint density at radius 3 is 2.64 bits per heavy atom. The smallest absolute Gasteiger partial charge is 0.225 e. The Bertz CT molecular complexity index is 886. The number of aromatic amines is 1. The molecule has 0 aliphatic carbocycles. The Morgan fingerprint density at radius 1 is 1.20 bits per heavy atom.